The van der Waals surface area contributed by atoms with Gasteiger partial charge in [-0.25, -0.2) is 14.4 Å². The summed E-state index contributed by atoms with van der Waals surface area (Å²) in [6.07, 6.45) is 4.03. The SMILES string of the molecule is COc1cccc2[nH]cc(CN3CCC(n4c(=O)[nH]c5ccccc54)CC3)c12.O=C(O)C(=O)O. The topological polar surface area (TPSA) is 141 Å². The van der Waals surface area contributed by atoms with Gasteiger partial charge in [-0.2, -0.15) is 0 Å². The van der Waals surface area contributed by atoms with Crippen molar-refractivity contribution in [3.05, 3.63) is 64.7 Å². The molecule has 1 aliphatic heterocycles. The van der Waals surface area contributed by atoms with Crippen LogP contribution in [0, 0.1) is 0 Å². The van der Waals surface area contributed by atoms with Crippen molar-refractivity contribution in [2.45, 2.75) is 25.4 Å². The van der Waals surface area contributed by atoms with Gasteiger partial charge in [-0.05, 0) is 42.7 Å². The van der Waals surface area contributed by atoms with Crippen molar-refractivity contribution in [2.75, 3.05) is 20.2 Å². The molecule has 34 heavy (non-hydrogen) atoms. The summed E-state index contributed by atoms with van der Waals surface area (Å²) >= 11 is 0. The summed E-state index contributed by atoms with van der Waals surface area (Å²) < 4.78 is 7.50. The van der Waals surface area contributed by atoms with E-state index in [1.54, 1.807) is 7.11 Å². The van der Waals surface area contributed by atoms with Crippen LogP contribution in [0.1, 0.15) is 24.4 Å². The molecule has 1 fully saturated rings. The molecule has 0 spiro atoms. The molecule has 0 unspecified atom stereocenters. The number of aromatic amines is 2. The molecule has 2 aromatic heterocycles. The van der Waals surface area contributed by atoms with Gasteiger partial charge in [0.15, 0.2) is 0 Å². The minimum atomic E-state index is -1.82. The largest absolute Gasteiger partial charge is 0.496 e. The van der Waals surface area contributed by atoms with Crippen molar-refractivity contribution in [2.24, 2.45) is 0 Å². The molecular formula is C24H26N4O6. The number of aliphatic carboxylic acids is 2. The summed E-state index contributed by atoms with van der Waals surface area (Å²) in [4.78, 5) is 39.5. The Balaban J connectivity index is 0.000000408. The molecule has 10 nitrogen and oxygen atoms in total. The summed E-state index contributed by atoms with van der Waals surface area (Å²) in [6, 6.07) is 14.3. The summed E-state index contributed by atoms with van der Waals surface area (Å²) in [5.41, 5.74) is 4.29. The number of aromatic nitrogens is 3. The maximum atomic E-state index is 12.5. The highest BCUT2D eigenvalue weighted by Crippen LogP contribution is 2.31. The molecule has 2 aromatic carbocycles. The Bertz CT molecular complexity index is 1370. The Morgan fingerprint density at radius 1 is 1.03 bits per heavy atom. The molecular weight excluding hydrogens is 440 g/mol. The minimum Gasteiger partial charge on any atom is -0.496 e. The average Bonchev–Trinajstić information content (AvgIpc) is 3.40. The lowest BCUT2D eigenvalue weighted by atomic mass is 10.0. The quantitative estimate of drug-likeness (QED) is 0.339. The van der Waals surface area contributed by atoms with Crippen molar-refractivity contribution in [3.8, 4) is 5.75 Å². The monoisotopic (exact) mass is 466 g/mol. The lowest BCUT2D eigenvalue weighted by Gasteiger charge is -2.32. The van der Waals surface area contributed by atoms with E-state index in [4.69, 9.17) is 24.5 Å². The van der Waals surface area contributed by atoms with E-state index in [0.29, 0.717) is 0 Å². The van der Waals surface area contributed by atoms with Crippen molar-refractivity contribution < 1.29 is 24.5 Å². The fourth-order valence-electron chi connectivity index (χ4n) is 4.53. The van der Waals surface area contributed by atoms with Gasteiger partial charge in [0.05, 0.1) is 18.1 Å². The van der Waals surface area contributed by atoms with Gasteiger partial charge < -0.3 is 24.9 Å². The second-order valence-corrected chi connectivity index (χ2v) is 8.13. The maximum Gasteiger partial charge on any atom is 0.414 e. The van der Waals surface area contributed by atoms with E-state index in [-0.39, 0.29) is 11.7 Å². The number of carboxylic acids is 2. The Hall–Kier alpha value is -4.05. The number of ether oxygens (including phenoxy) is 1. The smallest absolute Gasteiger partial charge is 0.414 e. The highest BCUT2D eigenvalue weighted by Gasteiger charge is 2.24. The van der Waals surface area contributed by atoms with Crippen molar-refractivity contribution in [1.82, 2.24) is 19.4 Å². The van der Waals surface area contributed by atoms with E-state index in [9.17, 15) is 4.79 Å². The summed E-state index contributed by atoms with van der Waals surface area (Å²) in [6.45, 7) is 2.83. The fourth-order valence-corrected chi connectivity index (χ4v) is 4.53. The number of carboxylic acid groups (broad SMARTS) is 2. The number of fused-ring (bicyclic) bond motifs is 2. The molecule has 0 bridgehead atoms. The van der Waals surface area contributed by atoms with Gasteiger partial charge in [0, 0.05) is 42.8 Å². The minimum absolute atomic E-state index is 0.000940. The predicted molar refractivity (Wildman–Crippen MR) is 126 cm³/mol. The highest BCUT2D eigenvalue weighted by atomic mass is 16.5. The molecule has 5 rings (SSSR count). The lowest BCUT2D eigenvalue weighted by Crippen LogP contribution is -2.36. The number of rotatable bonds is 4. The summed E-state index contributed by atoms with van der Waals surface area (Å²) in [7, 11) is 1.72. The number of nitrogens with zero attached hydrogens (tertiary/aromatic N) is 2. The van der Waals surface area contributed by atoms with Crippen LogP contribution in [-0.2, 0) is 16.1 Å². The first-order valence-corrected chi connectivity index (χ1v) is 10.9. The second-order valence-electron chi connectivity index (χ2n) is 8.13. The average molecular weight is 466 g/mol. The highest BCUT2D eigenvalue weighted by molar-refractivity contribution is 6.27. The maximum absolute atomic E-state index is 12.5. The Morgan fingerprint density at radius 2 is 1.71 bits per heavy atom. The first kappa shape index (κ1) is 23.1. The molecule has 178 valence electrons. The predicted octanol–water partition coefficient (Wildman–Crippen LogP) is 2.81. The van der Waals surface area contributed by atoms with E-state index in [1.165, 1.54) is 10.9 Å². The van der Waals surface area contributed by atoms with Crippen molar-refractivity contribution >= 4 is 33.9 Å². The van der Waals surface area contributed by atoms with E-state index in [0.717, 1.165) is 54.8 Å². The Morgan fingerprint density at radius 3 is 2.38 bits per heavy atom. The van der Waals surface area contributed by atoms with Gasteiger partial charge >= 0.3 is 17.6 Å². The zero-order valence-corrected chi connectivity index (χ0v) is 18.7. The number of nitrogens with one attached hydrogen (secondary N) is 2. The van der Waals surface area contributed by atoms with Gasteiger partial charge in [-0.3, -0.25) is 9.47 Å². The third kappa shape index (κ3) is 4.67. The number of likely N-dealkylation sites (tertiary alicyclic amines) is 1. The molecule has 3 heterocycles. The second kappa shape index (κ2) is 9.84. The van der Waals surface area contributed by atoms with E-state index in [2.05, 4.69) is 27.1 Å². The van der Waals surface area contributed by atoms with Crippen LogP contribution in [-0.4, -0.2) is 61.8 Å². The third-order valence-electron chi connectivity index (χ3n) is 6.09. The molecule has 1 saturated heterocycles. The van der Waals surface area contributed by atoms with Crippen molar-refractivity contribution in [3.63, 3.8) is 0 Å². The molecule has 4 N–H and O–H groups in total. The zero-order valence-electron chi connectivity index (χ0n) is 18.7. The number of para-hydroxylation sites is 2. The molecule has 1 aliphatic rings. The first-order valence-electron chi connectivity index (χ1n) is 10.9. The number of hydrogen-bond acceptors (Lipinski definition) is 5. The lowest BCUT2D eigenvalue weighted by molar-refractivity contribution is -0.159. The Labute approximate surface area is 194 Å². The molecule has 4 aromatic rings. The normalized spacial score (nSPS) is 14.6. The van der Waals surface area contributed by atoms with Crippen LogP contribution >= 0.6 is 0 Å². The van der Waals surface area contributed by atoms with Crippen LogP contribution < -0.4 is 10.4 Å². The Kier molecular flexibility index (Phi) is 6.69. The number of methoxy groups -OCH3 is 1. The van der Waals surface area contributed by atoms with Crippen LogP contribution in [0.5, 0.6) is 5.75 Å². The van der Waals surface area contributed by atoms with Crippen molar-refractivity contribution in [1.29, 1.82) is 0 Å². The molecule has 10 heteroatoms. The fraction of sp³-hybridized carbons (Fsp3) is 0.292. The molecule has 0 saturated carbocycles. The molecule has 0 aliphatic carbocycles. The van der Waals surface area contributed by atoms with Crippen LogP contribution in [0.25, 0.3) is 21.9 Å². The van der Waals surface area contributed by atoms with Gasteiger partial charge in [-0.1, -0.05) is 18.2 Å². The van der Waals surface area contributed by atoms with Crippen LogP contribution in [0.4, 0.5) is 0 Å². The van der Waals surface area contributed by atoms with Crippen LogP contribution in [0.2, 0.25) is 0 Å². The van der Waals surface area contributed by atoms with Gasteiger partial charge in [0.2, 0.25) is 0 Å². The number of carbonyl (C=O) groups is 2. The van der Waals surface area contributed by atoms with Gasteiger partial charge in [0.1, 0.15) is 5.75 Å². The van der Waals surface area contributed by atoms with E-state index in [1.807, 2.05) is 41.0 Å². The van der Waals surface area contributed by atoms with Crippen LogP contribution in [0.15, 0.2) is 53.5 Å². The summed E-state index contributed by atoms with van der Waals surface area (Å²) in [5.74, 6) is -2.74. The standard InChI is InChI=1S/C22H24N4O2.C2H2O4/c1-28-20-8-4-6-18-21(20)15(13-23-18)14-25-11-9-16(10-12-25)26-19-7-3-2-5-17(19)24-22(26)27;3-1(4)2(5)6/h2-8,13,16,23H,9-12,14H2,1H3,(H,24,27);(H,3,4)(H,5,6). The molecule has 0 radical (unpaired) electrons. The third-order valence-corrected chi connectivity index (χ3v) is 6.09. The molecule has 0 atom stereocenters. The zero-order chi connectivity index (χ0) is 24.2. The molecule has 0 amide bonds. The number of hydrogen-bond donors (Lipinski definition) is 4. The number of piperidine rings is 1. The van der Waals surface area contributed by atoms with E-state index < -0.39 is 11.9 Å². The number of benzene rings is 2. The summed E-state index contributed by atoms with van der Waals surface area (Å²) in [5, 5.41) is 15.9. The van der Waals surface area contributed by atoms with Gasteiger partial charge in [-0.15, -0.1) is 0 Å². The number of H-pyrrole nitrogens is 2. The first-order chi connectivity index (χ1) is 16.4. The van der Waals surface area contributed by atoms with Gasteiger partial charge in [0.25, 0.3) is 0 Å². The van der Waals surface area contributed by atoms with Crippen LogP contribution in [0.3, 0.4) is 0 Å². The number of imidazole rings is 1. The van der Waals surface area contributed by atoms with E-state index >= 15 is 0 Å².